The molecule has 2 heterocycles. The van der Waals surface area contributed by atoms with Gasteiger partial charge < -0.3 is 23.1 Å². The van der Waals surface area contributed by atoms with Crippen LogP contribution in [0.2, 0.25) is 25.7 Å². The maximum absolute atomic E-state index is 15.9. The van der Waals surface area contributed by atoms with E-state index in [-0.39, 0.29) is 47.9 Å². The second-order valence-electron chi connectivity index (χ2n) is 11.0. The predicted molar refractivity (Wildman–Crippen MR) is 165 cm³/mol. The fraction of sp³-hybridized carbons (Fsp3) is 0.593. The number of aromatic nitrogens is 2. The minimum absolute atomic E-state index is 0.0479. The van der Waals surface area contributed by atoms with Crippen LogP contribution in [0.15, 0.2) is 22.8 Å². The Balaban J connectivity index is 2.11. The number of aryl methyl sites for hydroxylation is 1. The molecule has 0 saturated carbocycles. The summed E-state index contributed by atoms with van der Waals surface area (Å²) in [7, 11) is -6.26. The number of nitrogens with zero attached hydrogens (tertiary/aromatic N) is 2. The van der Waals surface area contributed by atoms with E-state index in [4.69, 9.17) is 18.5 Å². The zero-order valence-electron chi connectivity index (χ0n) is 24.9. The highest BCUT2D eigenvalue weighted by molar-refractivity contribution is 9.10. The zero-order valence-corrected chi connectivity index (χ0v) is 29.2. The summed E-state index contributed by atoms with van der Waals surface area (Å²) < 4.78 is 107. The Kier molecular flexibility index (Phi) is 12.1. The van der Waals surface area contributed by atoms with Gasteiger partial charge in [-0.3, -0.25) is 4.57 Å². The third kappa shape index (κ3) is 8.89. The lowest BCUT2D eigenvalue weighted by atomic mass is 10.1. The van der Waals surface area contributed by atoms with E-state index < -0.39 is 38.8 Å². The van der Waals surface area contributed by atoms with E-state index in [1.165, 1.54) is 13.8 Å². The van der Waals surface area contributed by atoms with Gasteiger partial charge in [0.25, 0.3) is 0 Å². The molecule has 0 atom stereocenters. The summed E-state index contributed by atoms with van der Waals surface area (Å²) in [5.41, 5.74) is -2.90. The van der Waals surface area contributed by atoms with Crippen LogP contribution < -0.4 is 4.74 Å². The largest absolute Gasteiger partial charge is 0.492 e. The highest BCUT2D eigenvalue weighted by Crippen LogP contribution is 2.69. The van der Waals surface area contributed by atoms with E-state index in [0.717, 1.165) is 6.04 Å². The number of benzene rings is 1. The van der Waals surface area contributed by atoms with Crippen LogP contribution in [0.1, 0.15) is 37.4 Å². The van der Waals surface area contributed by atoms with Crippen LogP contribution in [0.25, 0.3) is 21.3 Å². The maximum Gasteiger partial charge on any atom is 0.405 e. The van der Waals surface area contributed by atoms with E-state index in [0.29, 0.717) is 40.4 Å². The van der Waals surface area contributed by atoms with Crippen molar-refractivity contribution in [2.24, 2.45) is 0 Å². The molecule has 0 aliphatic rings. The molecule has 0 fully saturated rings. The van der Waals surface area contributed by atoms with Crippen molar-refractivity contribution in [1.82, 2.24) is 9.55 Å². The number of rotatable bonds is 16. The first-order chi connectivity index (χ1) is 19.9. The summed E-state index contributed by atoms with van der Waals surface area (Å²) in [5, 5.41) is 0.299. The van der Waals surface area contributed by atoms with Crippen molar-refractivity contribution in [3.8, 4) is 17.0 Å². The van der Waals surface area contributed by atoms with Crippen LogP contribution in [0.3, 0.4) is 0 Å². The molecule has 0 amide bonds. The molecular weight excluding hydrogens is 698 g/mol. The maximum atomic E-state index is 15.9. The van der Waals surface area contributed by atoms with Crippen LogP contribution in [0.4, 0.5) is 22.0 Å². The van der Waals surface area contributed by atoms with E-state index in [9.17, 15) is 17.7 Å². The number of hydrogen-bond donors (Lipinski definition) is 0. The lowest BCUT2D eigenvalue weighted by molar-refractivity contribution is -0.136. The second kappa shape index (κ2) is 14.4. The average Bonchev–Trinajstić information content (AvgIpc) is 3.43. The SMILES string of the molecule is CCOP(=O)(OCC)C(F)(F)c1sc2c(OCCCC(F)(F)F)cc(-c3cnc(C)n3COCC[Si](C)(C)C)cc2c1Br. The molecule has 3 aromatic rings. The highest BCUT2D eigenvalue weighted by Gasteiger charge is 2.57. The molecule has 0 N–H and O–H groups in total. The molecule has 0 spiro atoms. The normalized spacial score (nSPS) is 13.3. The first kappa shape index (κ1) is 36.1. The van der Waals surface area contributed by atoms with Gasteiger partial charge in [0, 0.05) is 36.5 Å². The molecule has 0 bridgehead atoms. The van der Waals surface area contributed by atoms with Gasteiger partial charge in [0.2, 0.25) is 0 Å². The lowest BCUT2D eigenvalue weighted by Gasteiger charge is -2.25. The Morgan fingerprint density at radius 1 is 1.07 bits per heavy atom. The van der Waals surface area contributed by atoms with Crippen LogP contribution in [0.5, 0.6) is 5.75 Å². The molecule has 16 heteroatoms. The molecule has 7 nitrogen and oxygen atoms in total. The predicted octanol–water partition coefficient (Wildman–Crippen LogP) is 10.2. The second-order valence-corrected chi connectivity index (χ2v) is 20.5. The minimum atomic E-state index is -4.94. The van der Waals surface area contributed by atoms with Gasteiger partial charge in [0.05, 0.1) is 36.4 Å². The molecule has 1 aromatic carbocycles. The first-order valence-corrected chi connectivity index (χ1v) is 20.6. The number of alkyl halides is 5. The van der Waals surface area contributed by atoms with Gasteiger partial charge in [-0.25, -0.2) is 4.98 Å². The fourth-order valence-electron chi connectivity index (χ4n) is 4.10. The topological polar surface area (TPSA) is 71.8 Å². The fourth-order valence-corrected chi connectivity index (χ4v) is 8.88. The van der Waals surface area contributed by atoms with Crippen molar-refractivity contribution in [1.29, 1.82) is 0 Å². The lowest BCUT2D eigenvalue weighted by Crippen LogP contribution is -2.22. The third-order valence-electron chi connectivity index (χ3n) is 6.34. The van der Waals surface area contributed by atoms with E-state index >= 15 is 8.78 Å². The number of thiophene rings is 1. The quantitative estimate of drug-likeness (QED) is 0.0632. The number of imidazole rings is 1. The summed E-state index contributed by atoms with van der Waals surface area (Å²) in [6, 6.07) is 4.20. The van der Waals surface area contributed by atoms with Gasteiger partial charge in [-0.15, -0.1) is 11.3 Å². The van der Waals surface area contributed by atoms with Crippen molar-refractivity contribution >= 4 is 53.0 Å². The minimum Gasteiger partial charge on any atom is -0.492 e. The van der Waals surface area contributed by atoms with E-state index in [2.05, 4.69) is 40.6 Å². The molecule has 3 rings (SSSR count). The summed E-state index contributed by atoms with van der Waals surface area (Å²) in [6.45, 7) is 11.3. The van der Waals surface area contributed by atoms with Gasteiger partial charge in [-0.05, 0) is 61.3 Å². The Morgan fingerprint density at radius 3 is 2.30 bits per heavy atom. The molecule has 0 unspecified atom stereocenters. The van der Waals surface area contributed by atoms with Crippen LogP contribution in [-0.4, -0.2) is 50.2 Å². The molecule has 0 radical (unpaired) electrons. The average molecular weight is 736 g/mol. The molecule has 0 saturated heterocycles. The Labute approximate surface area is 261 Å². The monoisotopic (exact) mass is 734 g/mol. The van der Waals surface area contributed by atoms with Gasteiger partial charge in [-0.2, -0.15) is 22.0 Å². The van der Waals surface area contributed by atoms with E-state index in [1.807, 2.05) is 4.57 Å². The van der Waals surface area contributed by atoms with E-state index in [1.54, 1.807) is 25.3 Å². The number of halogens is 6. The van der Waals surface area contributed by atoms with Crippen molar-refractivity contribution in [2.75, 3.05) is 26.4 Å². The highest BCUT2D eigenvalue weighted by atomic mass is 79.9. The standard InChI is InChI=1S/C27H37BrF5N2O5PSSi/c1-7-39-41(36,40-8-2)27(32,33)25-23(28)20-14-19(15-22(24(20)42-25)38-11-9-10-26(29,30)31)21-16-34-18(3)35(21)17-37-12-13-43(4,5)6/h14-16H,7-13,17H2,1-6H3. The summed E-state index contributed by atoms with van der Waals surface area (Å²) in [6.07, 6.45) is -4.13. The third-order valence-corrected chi connectivity index (χ3v) is 12.7. The van der Waals surface area contributed by atoms with Gasteiger partial charge >= 0.3 is 19.4 Å². The number of hydrogen-bond acceptors (Lipinski definition) is 7. The molecule has 0 aliphatic heterocycles. The summed E-state index contributed by atoms with van der Waals surface area (Å²) in [5.74, 6) is 0.761. The van der Waals surface area contributed by atoms with Crippen molar-refractivity contribution in [2.45, 2.75) is 77.9 Å². The molecule has 242 valence electrons. The first-order valence-electron chi connectivity index (χ1n) is 13.8. The summed E-state index contributed by atoms with van der Waals surface area (Å²) in [4.78, 5) is 3.79. The Bertz CT molecular complexity index is 1430. The zero-order chi connectivity index (χ0) is 32.2. The van der Waals surface area contributed by atoms with Crippen LogP contribution >= 0.6 is 34.9 Å². The van der Waals surface area contributed by atoms with Gasteiger partial charge in [0.15, 0.2) is 0 Å². The van der Waals surface area contributed by atoms with Crippen LogP contribution in [-0.2, 0) is 30.7 Å². The van der Waals surface area contributed by atoms with Crippen molar-refractivity contribution in [3.63, 3.8) is 0 Å². The van der Waals surface area contributed by atoms with Gasteiger partial charge in [-0.1, -0.05) is 19.6 Å². The number of ether oxygens (including phenoxy) is 2. The molecular formula is C27H37BrF5N2O5PSSi. The number of fused-ring (bicyclic) bond motifs is 1. The smallest absolute Gasteiger partial charge is 0.405 e. The van der Waals surface area contributed by atoms with Crippen molar-refractivity contribution in [3.05, 3.63) is 33.5 Å². The molecule has 43 heavy (non-hydrogen) atoms. The Morgan fingerprint density at radius 2 is 1.72 bits per heavy atom. The van der Waals surface area contributed by atoms with Gasteiger partial charge in [0.1, 0.15) is 23.2 Å². The van der Waals surface area contributed by atoms with Crippen molar-refractivity contribution < 1.29 is 45.0 Å². The van der Waals surface area contributed by atoms with Crippen LogP contribution in [0, 0.1) is 6.92 Å². The summed E-state index contributed by atoms with van der Waals surface area (Å²) >= 11 is 3.89. The molecule has 0 aliphatic carbocycles. The Hall–Kier alpha value is -1.35. The molecule has 2 aromatic heterocycles.